The van der Waals surface area contributed by atoms with E-state index in [0.717, 1.165) is 5.92 Å². The third kappa shape index (κ3) is 1.96. The van der Waals surface area contributed by atoms with Crippen LogP contribution in [0.1, 0.15) is 32.1 Å². The molecule has 0 amide bonds. The first kappa shape index (κ1) is 8.02. The molecule has 10 heavy (non-hydrogen) atoms. The lowest BCUT2D eigenvalue weighted by molar-refractivity contribution is 0.283. The molecular formula is C8H18N2. The molecule has 0 bridgehead atoms. The van der Waals surface area contributed by atoms with E-state index in [4.69, 9.17) is 5.73 Å². The molecule has 3 N–H and O–H groups in total. The van der Waals surface area contributed by atoms with Crippen molar-refractivity contribution < 1.29 is 0 Å². The predicted molar refractivity (Wildman–Crippen MR) is 43.6 cm³/mol. The molecular weight excluding hydrogens is 124 g/mol. The van der Waals surface area contributed by atoms with Crippen molar-refractivity contribution in [2.75, 3.05) is 7.05 Å². The highest BCUT2D eigenvalue weighted by Gasteiger charge is 2.18. The molecule has 1 rings (SSSR count). The van der Waals surface area contributed by atoms with E-state index in [0.29, 0.717) is 0 Å². The Kier molecular flexibility index (Phi) is 3.16. The minimum atomic E-state index is 0.236. The van der Waals surface area contributed by atoms with E-state index >= 15 is 0 Å². The molecule has 1 atom stereocenters. The lowest BCUT2D eigenvalue weighted by Gasteiger charge is -2.26. The molecule has 2 nitrogen and oxygen atoms in total. The summed E-state index contributed by atoms with van der Waals surface area (Å²) in [7, 11) is 1.94. The van der Waals surface area contributed by atoms with E-state index in [1.807, 2.05) is 7.05 Å². The van der Waals surface area contributed by atoms with Crippen molar-refractivity contribution in [2.45, 2.75) is 38.3 Å². The van der Waals surface area contributed by atoms with Crippen molar-refractivity contribution in [3.8, 4) is 0 Å². The highest BCUT2D eigenvalue weighted by molar-refractivity contribution is 4.73. The summed E-state index contributed by atoms with van der Waals surface area (Å²) < 4.78 is 0. The summed E-state index contributed by atoms with van der Waals surface area (Å²) in [6, 6.07) is 0. The predicted octanol–water partition coefficient (Wildman–Crippen LogP) is 1.07. The van der Waals surface area contributed by atoms with Crippen LogP contribution in [0.4, 0.5) is 0 Å². The number of nitrogens with one attached hydrogen (secondary N) is 1. The molecule has 1 unspecified atom stereocenters. The van der Waals surface area contributed by atoms with Gasteiger partial charge in [0, 0.05) is 0 Å². The number of rotatable bonds is 2. The van der Waals surface area contributed by atoms with Crippen molar-refractivity contribution in [1.82, 2.24) is 5.32 Å². The molecule has 0 aromatic heterocycles. The first-order valence-electron chi connectivity index (χ1n) is 4.27. The van der Waals surface area contributed by atoms with Crippen LogP contribution < -0.4 is 11.1 Å². The maximum atomic E-state index is 5.84. The van der Waals surface area contributed by atoms with Gasteiger partial charge in [-0.25, -0.2) is 0 Å². The topological polar surface area (TPSA) is 38.0 Å². The van der Waals surface area contributed by atoms with E-state index in [-0.39, 0.29) is 6.17 Å². The van der Waals surface area contributed by atoms with Gasteiger partial charge in [-0.15, -0.1) is 0 Å². The smallest absolute Gasteiger partial charge is 0.0572 e. The maximum absolute atomic E-state index is 5.84. The third-order valence-corrected chi connectivity index (χ3v) is 2.49. The molecule has 1 saturated carbocycles. The minimum Gasteiger partial charge on any atom is -0.316 e. The van der Waals surface area contributed by atoms with Crippen LogP contribution in [0.5, 0.6) is 0 Å². The zero-order chi connectivity index (χ0) is 7.40. The van der Waals surface area contributed by atoms with Crippen molar-refractivity contribution in [3.05, 3.63) is 0 Å². The number of nitrogens with two attached hydrogens (primary N) is 1. The normalized spacial score (nSPS) is 24.6. The van der Waals surface area contributed by atoms with Gasteiger partial charge in [0.1, 0.15) is 0 Å². The van der Waals surface area contributed by atoms with Crippen LogP contribution in [0.3, 0.4) is 0 Å². The molecule has 0 aliphatic heterocycles. The first-order valence-corrected chi connectivity index (χ1v) is 4.27. The standard InChI is InChI=1S/C8H18N2/c1-10-8(9)7-5-3-2-4-6-7/h7-8,10H,2-6,9H2,1H3. The van der Waals surface area contributed by atoms with Crippen LogP contribution in [0, 0.1) is 5.92 Å². The molecule has 0 saturated heterocycles. The second-order valence-corrected chi connectivity index (χ2v) is 3.21. The highest BCUT2D eigenvalue weighted by Crippen LogP contribution is 2.24. The molecule has 0 spiro atoms. The Balaban J connectivity index is 2.24. The quantitative estimate of drug-likeness (QED) is 0.566. The van der Waals surface area contributed by atoms with E-state index in [1.165, 1.54) is 32.1 Å². The number of hydrogen-bond acceptors (Lipinski definition) is 2. The van der Waals surface area contributed by atoms with Crippen LogP contribution >= 0.6 is 0 Å². The van der Waals surface area contributed by atoms with E-state index in [2.05, 4.69) is 5.32 Å². The van der Waals surface area contributed by atoms with E-state index in [9.17, 15) is 0 Å². The Hall–Kier alpha value is -0.0800. The summed E-state index contributed by atoms with van der Waals surface area (Å²) in [6.07, 6.45) is 7.04. The van der Waals surface area contributed by atoms with Gasteiger partial charge in [0.15, 0.2) is 0 Å². The lowest BCUT2D eigenvalue weighted by atomic mass is 9.87. The van der Waals surface area contributed by atoms with Gasteiger partial charge in [-0.2, -0.15) is 0 Å². The fourth-order valence-corrected chi connectivity index (χ4v) is 1.73. The minimum absolute atomic E-state index is 0.236. The molecule has 1 aliphatic rings. The molecule has 0 heterocycles. The molecule has 0 aromatic carbocycles. The second kappa shape index (κ2) is 3.94. The Morgan fingerprint density at radius 3 is 2.40 bits per heavy atom. The summed E-state index contributed by atoms with van der Waals surface area (Å²) in [5.41, 5.74) is 5.84. The molecule has 0 aromatic rings. The largest absolute Gasteiger partial charge is 0.316 e. The van der Waals surface area contributed by atoms with Gasteiger partial charge in [0.2, 0.25) is 0 Å². The monoisotopic (exact) mass is 142 g/mol. The van der Waals surface area contributed by atoms with E-state index < -0.39 is 0 Å². The van der Waals surface area contributed by atoms with Crippen molar-refractivity contribution in [1.29, 1.82) is 0 Å². The molecule has 1 aliphatic carbocycles. The fraction of sp³-hybridized carbons (Fsp3) is 1.00. The Morgan fingerprint density at radius 1 is 1.30 bits per heavy atom. The average molecular weight is 142 g/mol. The summed E-state index contributed by atoms with van der Waals surface area (Å²) in [5, 5.41) is 3.11. The summed E-state index contributed by atoms with van der Waals surface area (Å²) >= 11 is 0. The second-order valence-electron chi connectivity index (χ2n) is 3.21. The van der Waals surface area contributed by atoms with Crippen LogP contribution in [-0.2, 0) is 0 Å². The highest BCUT2D eigenvalue weighted by atomic mass is 15.0. The van der Waals surface area contributed by atoms with Crippen LogP contribution in [0.2, 0.25) is 0 Å². The van der Waals surface area contributed by atoms with Crippen molar-refractivity contribution in [3.63, 3.8) is 0 Å². The van der Waals surface area contributed by atoms with E-state index in [1.54, 1.807) is 0 Å². The zero-order valence-electron chi connectivity index (χ0n) is 6.77. The Labute approximate surface area is 63.2 Å². The maximum Gasteiger partial charge on any atom is 0.0572 e. The zero-order valence-corrected chi connectivity index (χ0v) is 6.77. The van der Waals surface area contributed by atoms with Gasteiger partial charge in [0.05, 0.1) is 6.17 Å². The van der Waals surface area contributed by atoms with Crippen LogP contribution in [0.15, 0.2) is 0 Å². The Bertz CT molecular complexity index is 87.3. The SMILES string of the molecule is CNC(N)C1CCCCC1. The molecule has 2 heteroatoms. The first-order chi connectivity index (χ1) is 4.84. The Morgan fingerprint density at radius 2 is 1.90 bits per heavy atom. The average Bonchev–Trinajstić information content (AvgIpc) is 2.05. The van der Waals surface area contributed by atoms with Gasteiger partial charge in [-0.3, -0.25) is 0 Å². The lowest BCUT2D eigenvalue weighted by Crippen LogP contribution is -2.42. The van der Waals surface area contributed by atoms with Crippen LogP contribution in [-0.4, -0.2) is 13.2 Å². The van der Waals surface area contributed by atoms with Gasteiger partial charge in [-0.1, -0.05) is 19.3 Å². The molecule has 1 fully saturated rings. The summed E-state index contributed by atoms with van der Waals surface area (Å²) in [6.45, 7) is 0. The van der Waals surface area contributed by atoms with Gasteiger partial charge < -0.3 is 11.1 Å². The van der Waals surface area contributed by atoms with Crippen molar-refractivity contribution in [2.24, 2.45) is 11.7 Å². The third-order valence-electron chi connectivity index (χ3n) is 2.49. The van der Waals surface area contributed by atoms with Gasteiger partial charge in [-0.05, 0) is 25.8 Å². The van der Waals surface area contributed by atoms with Gasteiger partial charge >= 0.3 is 0 Å². The summed E-state index contributed by atoms with van der Waals surface area (Å²) in [5.74, 6) is 0.735. The van der Waals surface area contributed by atoms with Crippen LogP contribution in [0.25, 0.3) is 0 Å². The number of hydrogen-bond donors (Lipinski definition) is 2. The summed E-state index contributed by atoms with van der Waals surface area (Å²) in [4.78, 5) is 0. The van der Waals surface area contributed by atoms with Crippen molar-refractivity contribution >= 4 is 0 Å². The molecule has 60 valence electrons. The molecule has 0 radical (unpaired) electrons. The van der Waals surface area contributed by atoms with Gasteiger partial charge in [0.25, 0.3) is 0 Å². The fourth-order valence-electron chi connectivity index (χ4n) is 1.73.